The van der Waals surface area contributed by atoms with E-state index in [1.807, 2.05) is 49.2 Å². The number of amides is 1. The fraction of sp³-hybridized carbons (Fsp3) is 0.368. The highest BCUT2D eigenvalue weighted by Crippen LogP contribution is 2.39. The van der Waals surface area contributed by atoms with Crippen LogP contribution in [0, 0.1) is 6.92 Å². The van der Waals surface area contributed by atoms with Gasteiger partial charge in [-0.3, -0.25) is 4.79 Å². The van der Waals surface area contributed by atoms with Gasteiger partial charge in [-0.05, 0) is 31.9 Å². The normalized spacial score (nSPS) is 17.4. The Labute approximate surface area is 146 Å². The highest BCUT2D eigenvalue weighted by molar-refractivity contribution is 5.96. The molecule has 3 aromatic rings. The summed E-state index contributed by atoms with van der Waals surface area (Å²) < 4.78 is 13.0. The summed E-state index contributed by atoms with van der Waals surface area (Å²) in [7, 11) is 3.50. The lowest BCUT2D eigenvalue weighted by Crippen LogP contribution is -2.30. The van der Waals surface area contributed by atoms with Crippen LogP contribution in [0.1, 0.15) is 40.7 Å². The zero-order valence-corrected chi connectivity index (χ0v) is 14.7. The Balaban J connectivity index is 1.71. The first-order valence-corrected chi connectivity index (χ1v) is 8.47. The van der Waals surface area contributed by atoms with Gasteiger partial charge in [0.1, 0.15) is 5.58 Å². The molecule has 1 fully saturated rings. The number of carbonyl (C=O) groups is 1. The predicted molar refractivity (Wildman–Crippen MR) is 93.7 cm³/mol. The molecule has 0 bridgehead atoms. The maximum Gasteiger partial charge on any atom is 0.290 e. The van der Waals surface area contributed by atoms with E-state index in [1.165, 1.54) is 0 Å². The van der Waals surface area contributed by atoms with Gasteiger partial charge in [-0.25, -0.2) is 4.68 Å². The lowest BCUT2D eigenvalue weighted by molar-refractivity contribution is 0.0703. The van der Waals surface area contributed by atoms with Crippen LogP contribution in [0.5, 0.6) is 5.88 Å². The molecule has 25 heavy (non-hydrogen) atoms. The molecule has 0 aliphatic carbocycles. The molecule has 130 valence electrons. The summed E-state index contributed by atoms with van der Waals surface area (Å²) in [6.07, 6.45) is 1.85. The summed E-state index contributed by atoms with van der Waals surface area (Å²) in [4.78, 5) is 15.0. The summed E-state index contributed by atoms with van der Waals surface area (Å²) in [5.74, 6) is 1.02. The Morgan fingerprint density at radius 1 is 1.36 bits per heavy atom. The van der Waals surface area contributed by atoms with Gasteiger partial charge in [0.25, 0.3) is 5.91 Å². The van der Waals surface area contributed by atoms with Crippen LogP contribution in [0.25, 0.3) is 11.0 Å². The molecule has 6 nitrogen and oxygen atoms in total. The average molecular weight is 339 g/mol. The number of furan rings is 1. The Hall–Kier alpha value is -2.76. The molecule has 1 aromatic carbocycles. The van der Waals surface area contributed by atoms with Crippen molar-refractivity contribution < 1.29 is 13.9 Å². The third-order valence-corrected chi connectivity index (χ3v) is 4.89. The molecule has 1 saturated heterocycles. The van der Waals surface area contributed by atoms with Gasteiger partial charge >= 0.3 is 0 Å². The molecule has 1 aliphatic heterocycles. The second-order valence-electron chi connectivity index (χ2n) is 6.44. The summed E-state index contributed by atoms with van der Waals surface area (Å²) in [6, 6.07) is 9.45. The first kappa shape index (κ1) is 15.7. The van der Waals surface area contributed by atoms with Crippen molar-refractivity contribution in [1.29, 1.82) is 0 Å². The van der Waals surface area contributed by atoms with E-state index in [9.17, 15) is 4.79 Å². The largest absolute Gasteiger partial charge is 0.481 e. The Kier molecular flexibility index (Phi) is 3.75. The number of fused-ring (bicyclic) bond motifs is 1. The van der Waals surface area contributed by atoms with E-state index in [2.05, 4.69) is 5.10 Å². The van der Waals surface area contributed by atoms with Crippen LogP contribution in [-0.4, -0.2) is 34.2 Å². The molecule has 1 aliphatic rings. The van der Waals surface area contributed by atoms with Crippen molar-refractivity contribution in [1.82, 2.24) is 14.7 Å². The second-order valence-corrected chi connectivity index (χ2v) is 6.44. The monoisotopic (exact) mass is 339 g/mol. The van der Waals surface area contributed by atoms with Crippen LogP contribution in [0.3, 0.4) is 0 Å². The number of carbonyl (C=O) groups excluding carboxylic acids is 1. The van der Waals surface area contributed by atoms with E-state index in [1.54, 1.807) is 11.8 Å². The number of aryl methyl sites for hydroxylation is 2. The van der Waals surface area contributed by atoms with Gasteiger partial charge in [0.05, 0.1) is 24.4 Å². The van der Waals surface area contributed by atoms with Gasteiger partial charge in [-0.15, -0.1) is 0 Å². The van der Waals surface area contributed by atoms with E-state index >= 15 is 0 Å². The summed E-state index contributed by atoms with van der Waals surface area (Å²) >= 11 is 0. The van der Waals surface area contributed by atoms with Crippen LogP contribution < -0.4 is 4.74 Å². The first-order valence-electron chi connectivity index (χ1n) is 8.47. The minimum Gasteiger partial charge on any atom is -0.481 e. The molecule has 6 heteroatoms. The fourth-order valence-corrected chi connectivity index (χ4v) is 3.82. The van der Waals surface area contributed by atoms with Crippen molar-refractivity contribution in [3.05, 3.63) is 47.3 Å². The van der Waals surface area contributed by atoms with E-state index in [4.69, 9.17) is 9.15 Å². The number of aromatic nitrogens is 2. The third-order valence-electron chi connectivity index (χ3n) is 4.89. The van der Waals surface area contributed by atoms with Crippen LogP contribution in [-0.2, 0) is 7.05 Å². The van der Waals surface area contributed by atoms with Crippen molar-refractivity contribution in [2.24, 2.45) is 7.05 Å². The molecule has 0 N–H and O–H groups in total. The number of methoxy groups -OCH3 is 1. The molecule has 3 heterocycles. The smallest absolute Gasteiger partial charge is 0.290 e. The quantitative estimate of drug-likeness (QED) is 0.733. The van der Waals surface area contributed by atoms with Gasteiger partial charge in [-0.1, -0.05) is 18.2 Å². The van der Waals surface area contributed by atoms with Gasteiger partial charge in [0.15, 0.2) is 5.76 Å². The van der Waals surface area contributed by atoms with E-state index in [0.29, 0.717) is 18.2 Å². The zero-order chi connectivity index (χ0) is 17.6. The number of likely N-dealkylation sites (tertiary alicyclic amines) is 1. The predicted octanol–water partition coefficient (Wildman–Crippen LogP) is 3.46. The number of rotatable bonds is 3. The number of para-hydroxylation sites is 1. The number of benzene rings is 1. The maximum atomic E-state index is 13.1. The van der Waals surface area contributed by atoms with Crippen molar-refractivity contribution >= 4 is 16.9 Å². The second kappa shape index (κ2) is 5.95. The van der Waals surface area contributed by atoms with Gasteiger partial charge in [0, 0.05) is 19.0 Å². The highest BCUT2D eigenvalue weighted by Gasteiger charge is 2.36. The van der Waals surface area contributed by atoms with E-state index in [0.717, 1.165) is 35.1 Å². The van der Waals surface area contributed by atoms with Crippen LogP contribution in [0.15, 0.2) is 34.7 Å². The zero-order valence-electron chi connectivity index (χ0n) is 14.7. The van der Waals surface area contributed by atoms with Crippen molar-refractivity contribution in [3.63, 3.8) is 0 Å². The Bertz CT molecular complexity index is 908. The Morgan fingerprint density at radius 2 is 2.16 bits per heavy atom. The molecular weight excluding hydrogens is 318 g/mol. The van der Waals surface area contributed by atoms with E-state index in [-0.39, 0.29) is 11.9 Å². The lowest BCUT2D eigenvalue weighted by atomic mass is 10.0. The lowest BCUT2D eigenvalue weighted by Gasteiger charge is -2.24. The maximum absolute atomic E-state index is 13.1. The molecular formula is C19H21N3O3. The highest BCUT2D eigenvalue weighted by atomic mass is 16.5. The Morgan fingerprint density at radius 3 is 2.92 bits per heavy atom. The van der Waals surface area contributed by atoms with Gasteiger partial charge < -0.3 is 14.1 Å². The summed E-state index contributed by atoms with van der Waals surface area (Å²) in [5, 5.41) is 5.40. The van der Waals surface area contributed by atoms with Crippen LogP contribution >= 0.6 is 0 Å². The molecule has 4 rings (SSSR count). The molecule has 1 amide bonds. The third kappa shape index (κ3) is 2.49. The van der Waals surface area contributed by atoms with Crippen molar-refractivity contribution in [3.8, 4) is 5.88 Å². The standard InChI is InChI=1S/C19H21N3O3/c1-12-17(19(24-3)21(2)20-12)14-8-6-10-22(14)18(23)16-11-13-7-4-5-9-15(13)25-16/h4-5,7,9,11,14H,6,8,10H2,1-3H3. The average Bonchev–Trinajstić information content (AvgIpc) is 3.30. The molecule has 0 spiro atoms. The molecule has 0 saturated carbocycles. The number of nitrogens with zero attached hydrogens (tertiary/aromatic N) is 3. The molecule has 1 unspecified atom stereocenters. The van der Waals surface area contributed by atoms with Gasteiger partial charge in [-0.2, -0.15) is 5.10 Å². The SMILES string of the molecule is COc1c(C2CCCN2C(=O)c2cc3ccccc3o2)c(C)nn1C. The fourth-order valence-electron chi connectivity index (χ4n) is 3.82. The number of hydrogen-bond acceptors (Lipinski definition) is 4. The number of ether oxygens (including phenoxy) is 1. The molecule has 0 radical (unpaired) electrons. The van der Waals surface area contributed by atoms with Gasteiger partial charge in [0.2, 0.25) is 5.88 Å². The minimum atomic E-state index is -0.0796. The van der Waals surface area contributed by atoms with Crippen molar-refractivity contribution in [2.75, 3.05) is 13.7 Å². The van der Waals surface area contributed by atoms with Crippen LogP contribution in [0.4, 0.5) is 0 Å². The van der Waals surface area contributed by atoms with Crippen molar-refractivity contribution in [2.45, 2.75) is 25.8 Å². The minimum absolute atomic E-state index is 0.0376. The molecule has 2 aromatic heterocycles. The topological polar surface area (TPSA) is 60.5 Å². The molecule has 1 atom stereocenters. The summed E-state index contributed by atoms with van der Waals surface area (Å²) in [6.45, 7) is 2.66. The summed E-state index contributed by atoms with van der Waals surface area (Å²) in [5.41, 5.74) is 2.62. The van der Waals surface area contributed by atoms with E-state index < -0.39 is 0 Å². The number of hydrogen-bond donors (Lipinski definition) is 0. The first-order chi connectivity index (χ1) is 12.1. The van der Waals surface area contributed by atoms with Crippen LogP contribution in [0.2, 0.25) is 0 Å².